The van der Waals surface area contributed by atoms with E-state index in [-0.39, 0.29) is 5.82 Å². The van der Waals surface area contributed by atoms with E-state index < -0.39 is 6.10 Å². The molecule has 0 aliphatic carbocycles. The van der Waals surface area contributed by atoms with Gasteiger partial charge >= 0.3 is 0 Å². The number of benzene rings is 1. The molecule has 1 rings (SSSR count). The lowest BCUT2D eigenvalue weighted by molar-refractivity contribution is 0.101. The Kier molecular flexibility index (Phi) is 6.09. The van der Waals surface area contributed by atoms with Gasteiger partial charge in [-0.15, -0.1) is 0 Å². The van der Waals surface area contributed by atoms with E-state index in [0.717, 1.165) is 5.56 Å². The minimum Gasteiger partial charge on any atom is -0.393 e. The van der Waals surface area contributed by atoms with E-state index in [4.69, 9.17) is 4.74 Å². The lowest BCUT2D eigenvalue weighted by Crippen LogP contribution is -2.17. The molecule has 0 radical (unpaired) electrons. The number of hydrogen-bond acceptors (Lipinski definition) is 2. The third-order valence-corrected chi connectivity index (χ3v) is 3.33. The maximum absolute atomic E-state index is 12.9. The molecular weight excluding hydrogens is 287 g/mol. The molecule has 1 aromatic carbocycles. The molecule has 2 unspecified atom stereocenters. The standard InChI is InChI=1S/C13H18BrFO2/c1-9(8-17-2)5-12(16)6-10-3-4-11(15)7-13(10)14/h3-4,7,9,12,16H,5-6,8H2,1-2H3. The van der Waals surface area contributed by atoms with Crippen LogP contribution in [0.4, 0.5) is 4.39 Å². The van der Waals surface area contributed by atoms with Crippen molar-refractivity contribution in [1.29, 1.82) is 0 Å². The number of rotatable bonds is 6. The van der Waals surface area contributed by atoms with E-state index >= 15 is 0 Å². The molecule has 0 spiro atoms. The second-order valence-electron chi connectivity index (χ2n) is 4.39. The van der Waals surface area contributed by atoms with Crippen molar-refractivity contribution >= 4 is 15.9 Å². The first kappa shape index (κ1) is 14.6. The van der Waals surface area contributed by atoms with Crippen LogP contribution >= 0.6 is 15.9 Å². The second-order valence-corrected chi connectivity index (χ2v) is 5.24. The van der Waals surface area contributed by atoms with Crippen molar-refractivity contribution in [3.8, 4) is 0 Å². The molecule has 0 bridgehead atoms. The maximum atomic E-state index is 12.9. The largest absolute Gasteiger partial charge is 0.393 e. The van der Waals surface area contributed by atoms with Crippen LogP contribution in [-0.2, 0) is 11.2 Å². The fourth-order valence-corrected chi connectivity index (χ4v) is 2.35. The predicted octanol–water partition coefficient (Wildman–Crippen LogP) is 3.16. The van der Waals surface area contributed by atoms with Gasteiger partial charge in [0.2, 0.25) is 0 Å². The molecule has 96 valence electrons. The Balaban J connectivity index is 2.52. The fraction of sp³-hybridized carbons (Fsp3) is 0.538. The van der Waals surface area contributed by atoms with E-state index in [0.29, 0.717) is 29.8 Å². The summed E-state index contributed by atoms with van der Waals surface area (Å²) in [4.78, 5) is 0. The Morgan fingerprint density at radius 3 is 2.76 bits per heavy atom. The van der Waals surface area contributed by atoms with Gasteiger partial charge in [-0.05, 0) is 36.5 Å². The molecule has 0 saturated carbocycles. The van der Waals surface area contributed by atoms with Crippen LogP contribution in [0.3, 0.4) is 0 Å². The number of halogens is 2. The third kappa shape index (κ3) is 5.15. The van der Waals surface area contributed by atoms with Crippen molar-refractivity contribution in [3.63, 3.8) is 0 Å². The number of methoxy groups -OCH3 is 1. The molecule has 2 nitrogen and oxygen atoms in total. The summed E-state index contributed by atoms with van der Waals surface area (Å²) in [7, 11) is 1.65. The summed E-state index contributed by atoms with van der Waals surface area (Å²) in [6.45, 7) is 2.67. The first-order valence-electron chi connectivity index (χ1n) is 5.64. The van der Waals surface area contributed by atoms with Crippen LogP contribution in [0.15, 0.2) is 22.7 Å². The van der Waals surface area contributed by atoms with Gasteiger partial charge < -0.3 is 9.84 Å². The number of aliphatic hydroxyl groups excluding tert-OH is 1. The Morgan fingerprint density at radius 1 is 1.47 bits per heavy atom. The molecule has 1 aromatic rings. The van der Waals surface area contributed by atoms with Crippen LogP contribution in [-0.4, -0.2) is 24.9 Å². The summed E-state index contributed by atoms with van der Waals surface area (Å²) in [5.74, 6) is 0.0390. The van der Waals surface area contributed by atoms with Crippen LogP contribution in [0.5, 0.6) is 0 Å². The van der Waals surface area contributed by atoms with Gasteiger partial charge in [0, 0.05) is 18.2 Å². The summed E-state index contributed by atoms with van der Waals surface area (Å²) in [5.41, 5.74) is 0.920. The highest BCUT2D eigenvalue weighted by molar-refractivity contribution is 9.10. The summed E-state index contributed by atoms with van der Waals surface area (Å²) >= 11 is 3.30. The van der Waals surface area contributed by atoms with E-state index in [1.807, 2.05) is 6.92 Å². The van der Waals surface area contributed by atoms with Crippen molar-refractivity contribution in [2.75, 3.05) is 13.7 Å². The predicted molar refractivity (Wildman–Crippen MR) is 69.5 cm³/mol. The van der Waals surface area contributed by atoms with Crippen molar-refractivity contribution in [2.24, 2.45) is 5.92 Å². The van der Waals surface area contributed by atoms with Crippen molar-refractivity contribution in [1.82, 2.24) is 0 Å². The average molecular weight is 305 g/mol. The Hall–Kier alpha value is -0.450. The van der Waals surface area contributed by atoms with Crippen molar-refractivity contribution in [2.45, 2.75) is 25.9 Å². The molecule has 0 heterocycles. The highest BCUT2D eigenvalue weighted by Gasteiger charge is 2.12. The van der Waals surface area contributed by atoms with Gasteiger partial charge in [-0.25, -0.2) is 4.39 Å². The topological polar surface area (TPSA) is 29.5 Å². The quantitative estimate of drug-likeness (QED) is 0.875. The third-order valence-electron chi connectivity index (χ3n) is 2.60. The Bertz CT molecular complexity index is 357. The SMILES string of the molecule is COCC(C)CC(O)Cc1ccc(F)cc1Br. The molecule has 1 N–H and O–H groups in total. The van der Waals surface area contributed by atoms with Crippen molar-refractivity contribution in [3.05, 3.63) is 34.1 Å². The molecule has 0 saturated heterocycles. The minimum absolute atomic E-state index is 0.275. The second kappa shape index (κ2) is 7.09. The van der Waals surface area contributed by atoms with Crippen molar-refractivity contribution < 1.29 is 14.2 Å². The zero-order valence-electron chi connectivity index (χ0n) is 10.1. The van der Waals surface area contributed by atoms with Gasteiger partial charge in [0.1, 0.15) is 5.82 Å². The van der Waals surface area contributed by atoms with E-state index in [2.05, 4.69) is 15.9 Å². The minimum atomic E-state index is -0.429. The lowest BCUT2D eigenvalue weighted by atomic mass is 9.99. The normalized spacial score (nSPS) is 14.6. The highest BCUT2D eigenvalue weighted by Crippen LogP contribution is 2.21. The zero-order valence-corrected chi connectivity index (χ0v) is 11.7. The average Bonchev–Trinajstić information content (AvgIpc) is 2.22. The van der Waals surface area contributed by atoms with Crippen LogP contribution in [0.25, 0.3) is 0 Å². The first-order valence-corrected chi connectivity index (χ1v) is 6.43. The monoisotopic (exact) mass is 304 g/mol. The molecule has 0 amide bonds. The molecule has 0 aliphatic heterocycles. The van der Waals surface area contributed by atoms with E-state index in [1.54, 1.807) is 13.2 Å². The van der Waals surface area contributed by atoms with Crippen LogP contribution in [0, 0.1) is 11.7 Å². The molecular formula is C13H18BrFO2. The molecule has 0 fully saturated rings. The summed E-state index contributed by atoms with van der Waals surface area (Å²) in [5, 5.41) is 9.92. The molecule has 2 atom stereocenters. The van der Waals surface area contributed by atoms with Gasteiger partial charge in [-0.3, -0.25) is 0 Å². The molecule has 0 aromatic heterocycles. The zero-order chi connectivity index (χ0) is 12.8. The van der Waals surface area contributed by atoms with Gasteiger partial charge in [0.25, 0.3) is 0 Å². The Morgan fingerprint density at radius 2 is 2.18 bits per heavy atom. The van der Waals surface area contributed by atoms with Crippen LogP contribution < -0.4 is 0 Å². The number of ether oxygens (including phenoxy) is 1. The number of hydrogen-bond donors (Lipinski definition) is 1. The Labute approximate surface area is 110 Å². The number of aliphatic hydroxyl groups is 1. The summed E-state index contributed by atoms with van der Waals surface area (Å²) in [6.07, 6.45) is 0.772. The maximum Gasteiger partial charge on any atom is 0.124 e. The fourth-order valence-electron chi connectivity index (χ4n) is 1.84. The van der Waals surface area contributed by atoms with Gasteiger partial charge in [0.15, 0.2) is 0 Å². The summed E-state index contributed by atoms with van der Waals surface area (Å²) < 4.78 is 18.6. The van der Waals surface area contributed by atoms with Gasteiger partial charge in [0.05, 0.1) is 6.10 Å². The van der Waals surface area contributed by atoms with Gasteiger partial charge in [-0.2, -0.15) is 0 Å². The first-order chi connectivity index (χ1) is 8.02. The highest BCUT2D eigenvalue weighted by atomic mass is 79.9. The molecule has 17 heavy (non-hydrogen) atoms. The van der Waals surface area contributed by atoms with E-state index in [1.165, 1.54) is 12.1 Å². The van der Waals surface area contributed by atoms with Crippen LogP contribution in [0.1, 0.15) is 18.9 Å². The molecule has 4 heteroatoms. The van der Waals surface area contributed by atoms with E-state index in [9.17, 15) is 9.50 Å². The smallest absolute Gasteiger partial charge is 0.124 e. The van der Waals surface area contributed by atoms with Crippen LogP contribution in [0.2, 0.25) is 0 Å². The summed E-state index contributed by atoms with van der Waals surface area (Å²) in [6, 6.07) is 4.52. The lowest BCUT2D eigenvalue weighted by Gasteiger charge is -2.16. The molecule has 0 aliphatic rings. The van der Waals surface area contributed by atoms with Gasteiger partial charge in [-0.1, -0.05) is 28.9 Å².